The molecule has 5 rings (SSSR count). The Morgan fingerprint density at radius 3 is 2.54 bits per heavy atom. The second kappa shape index (κ2) is 12.0. The first-order valence-corrected chi connectivity index (χ1v) is 13.9. The summed E-state index contributed by atoms with van der Waals surface area (Å²) in [5.41, 5.74) is 1.19. The van der Waals surface area contributed by atoms with Gasteiger partial charge in [-0.25, -0.2) is 4.39 Å². The number of ether oxygens (including phenoxy) is 1. The normalized spacial score (nSPS) is 19.1. The second-order valence-electron chi connectivity index (χ2n) is 9.71. The SMILES string of the molecule is COc1cccc(CN(C(=O)c2cccs2)C2CC(C(=O)N3CCNCC3)N(C(=O)c3ccc(F)cc3)C2)c1. The molecule has 2 aliphatic heterocycles. The lowest BCUT2D eigenvalue weighted by atomic mass is 10.1. The number of carbonyl (C=O) groups is 3. The maximum absolute atomic E-state index is 13.8. The monoisotopic (exact) mass is 550 g/mol. The first kappa shape index (κ1) is 26.8. The van der Waals surface area contributed by atoms with Crippen molar-refractivity contribution in [2.24, 2.45) is 0 Å². The molecule has 3 aromatic rings. The number of hydrogen-bond acceptors (Lipinski definition) is 6. The van der Waals surface area contributed by atoms with Gasteiger partial charge in [0.25, 0.3) is 11.8 Å². The Morgan fingerprint density at radius 1 is 1.08 bits per heavy atom. The molecule has 10 heteroatoms. The van der Waals surface area contributed by atoms with Gasteiger partial charge in [-0.15, -0.1) is 11.3 Å². The number of piperazine rings is 1. The van der Waals surface area contributed by atoms with Crippen LogP contribution < -0.4 is 10.1 Å². The lowest BCUT2D eigenvalue weighted by molar-refractivity contribution is -0.135. The van der Waals surface area contributed by atoms with Gasteiger partial charge in [0.05, 0.1) is 18.0 Å². The predicted molar refractivity (Wildman–Crippen MR) is 146 cm³/mol. The van der Waals surface area contributed by atoms with Crippen LogP contribution in [0.1, 0.15) is 32.0 Å². The highest BCUT2D eigenvalue weighted by atomic mass is 32.1. The van der Waals surface area contributed by atoms with E-state index in [0.29, 0.717) is 55.3 Å². The van der Waals surface area contributed by atoms with Gasteiger partial charge in [-0.1, -0.05) is 18.2 Å². The number of amides is 3. The van der Waals surface area contributed by atoms with Crippen LogP contribution in [0.4, 0.5) is 4.39 Å². The summed E-state index contributed by atoms with van der Waals surface area (Å²) in [6, 6.07) is 15.4. The largest absolute Gasteiger partial charge is 0.497 e. The molecule has 2 atom stereocenters. The molecule has 2 fully saturated rings. The maximum Gasteiger partial charge on any atom is 0.264 e. The Bertz CT molecular complexity index is 1310. The van der Waals surface area contributed by atoms with Crippen molar-refractivity contribution >= 4 is 29.1 Å². The number of nitrogens with one attached hydrogen (secondary N) is 1. The zero-order chi connectivity index (χ0) is 27.4. The number of likely N-dealkylation sites (tertiary alicyclic amines) is 1. The van der Waals surface area contributed by atoms with Crippen LogP contribution in [0.15, 0.2) is 66.0 Å². The number of nitrogens with zero attached hydrogens (tertiary/aromatic N) is 3. The molecule has 0 spiro atoms. The fourth-order valence-corrected chi connectivity index (χ4v) is 5.91. The van der Waals surface area contributed by atoms with Crippen LogP contribution in [-0.2, 0) is 11.3 Å². The summed E-state index contributed by atoms with van der Waals surface area (Å²) < 4.78 is 19.0. The summed E-state index contributed by atoms with van der Waals surface area (Å²) in [5.74, 6) is -0.384. The highest BCUT2D eigenvalue weighted by molar-refractivity contribution is 7.12. The van der Waals surface area contributed by atoms with Crippen molar-refractivity contribution in [2.75, 3.05) is 39.8 Å². The van der Waals surface area contributed by atoms with E-state index in [1.807, 2.05) is 35.7 Å². The zero-order valence-electron chi connectivity index (χ0n) is 21.7. The van der Waals surface area contributed by atoms with Gasteiger partial charge in [-0.3, -0.25) is 14.4 Å². The fraction of sp³-hybridized carbons (Fsp3) is 0.345. The summed E-state index contributed by atoms with van der Waals surface area (Å²) in [6.07, 6.45) is 0.316. The van der Waals surface area contributed by atoms with Crippen molar-refractivity contribution < 1.29 is 23.5 Å². The summed E-state index contributed by atoms with van der Waals surface area (Å²) in [6.45, 7) is 2.98. The van der Waals surface area contributed by atoms with Crippen LogP contribution in [0.3, 0.4) is 0 Å². The smallest absolute Gasteiger partial charge is 0.264 e. The van der Waals surface area contributed by atoms with E-state index >= 15 is 0 Å². The van der Waals surface area contributed by atoms with Crippen LogP contribution >= 0.6 is 11.3 Å². The van der Waals surface area contributed by atoms with Gasteiger partial charge in [-0.05, 0) is 59.8 Å². The Balaban J connectivity index is 1.47. The van der Waals surface area contributed by atoms with Gasteiger partial charge in [0.1, 0.15) is 17.6 Å². The lowest BCUT2D eigenvalue weighted by Crippen LogP contribution is -2.53. The van der Waals surface area contributed by atoms with E-state index in [-0.39, 0.29) is 24.3 Å². The van der Waals surface area contributed by atoms with E-state index in [2.05, 4.69) is 5.32 Å². The Morgan fingerprint density at radius 2 is 1.85 bits per heavy atom. The Hall–Kier alpha value is -3.76. The van der Waals surface area contributed by atoms with E-state index in [0.717, 1.165) is 5.56 Å². The average Bonchev–Trinajstić information content (AvgIpc) is 3.67. The minimum atomic E-state index is -0.727. The molecule has 2 aliphatic rings. The Kier molecular flexibility index (Phi) is 8.23. The van der Waals surface area contributed by atoms with E-state index in [1.165, 1.54) is 35.6 Å². The number of halogens is 1. The van der Waals surface area contributed by atoms with E-state index < -0.39 is 17.9 Å². The molecule has 2 saturated heterocycles. The molecule has 0 bridgehead atoms. The topological polar surface area (TPSA) is 82.2 Å². The van der Waals surface area contributed by atoms with Gasteiger partial charge < -0.3 is 24.8 Å². The van der Waals surface area contributed by atoms with Crippen molar-refractivity contribution in [1.82, 2.24) is 20.0 Å². The molecule has 204 valence electrons. The minimum absolute atomic E-state index is 0.126. The van der Waals surface area contributed by atoms with Crippen molar-refractivity contribution in [1.29, 1.82) is 0 Å². The van der Waals surface area contributed by atoms with Crippen molar-refractivity contribution in [2.45, 2.75) is 25.0 Å². The standard InChI is InChI=1S/C29H31FN4O4S/c1-38-24-5-2-4-20(16-24)18-33(29(37)26-6-3-15-39-26)23-17-25(28(36)32-13-11-31-12-14-32)34(19-23)27(35)21-7-9-22(30)10-8-21/h2-10,15-16,23,25,31H,11-14,17-19H2,1H3. The third kappa shape index (κ3) is 5.97. The molecular formula is C29H31FN4O4S. The van der Waals surface area contributed by atoms with Gasteiger partial charge in [0.15, 0.2) is 0 Å². The first-order valence-electron chi connectivity index (χ1n) is 13.0. The van der Waals surface area contributed by atoms with Gasteiger partial charge >= 0.3 is 0 Å². The number of methoxy groups -OCH3 is 1. The van der Waals surface area contributed by atoms with Crippen LogP contribution in [0.5, 0.6) is 5.75 Å². The molecule has 8 nitrogen and oxygen atoms in total. The lowest BCUT2D eigenvalue weighted by Gasteiger charge is -2.32. The highest BCUT2D eigenvalue weighted by Gasteiger charge is 2.45. The van der Waals surface area contributed by atoms with E-state index in [1.54, 1.807) is 27.9 Å². The van der Waals surface area contributed by atoms with Gasteiger partial charge in [0.2, 0.25) is 5.91 Å². The van der Waals surface area contributed by atoms with Crippen LogP contribution in [0.2, 0.25) is 0 Å². The molecule has 3 amide bonds. The summed E-state index contributed by atoms with van der Waals surface area (Å²) in [5, 5.41) is 5.10. The maximum atomic E-state index is 13.8. The van der Waals surface area contributed by atoms with Gasteiger partial charge in [0, 0.05) is 44.8 Å². The molecule has 2 aromatic carbocycles. The number of carbonyl (C=O) groups excluding carboxylic acids is 3. The molecule has 0 radical (unpaired) electrons. The minimum Gasteiger partial charge on any atom is -0.497 e. The van der Waals surface area contributed by atoms with Crippen LogP contribution in [0, 0.1) is 5.82 Å². The van der Waals surface area contributed by atoms with Crippen molar-refractivity contribution in [3.05, 3.63) is 87.9 Å². The van der Waals surface area contributed by atoms with Crippen molar-refractivity contribution in [3.63, 3.8) is 0 Å². The van der Waals surface area contributed by atoms with E-state index in [9.17, 15) is 18.8 Å². The third-order valence-electron chi connectivity index (χ3n) is 7.27. The summed E-state index contributed by atoms with van der Waals surface area (Å²) in [4.78, 5) is 46.9. The third-order valence-corrected chi connectivity index (χ3v) is 8.12. The predicted octanol–water partition coefficient (Wildman–Crippen LogP) is 3.25. The number of rotatable bonds is 7. The fourth-order valence-electron chi connectivity index (χ4n) is 5.23. The molecule has 0 aliphatic carbocycles. The van der Waals surface area contributed by atoms with Gasteiger partial charge in [-0.2, -0.15) is 0 Å². The number of hydrogen-bond donors (Lipinski definition) is 1. The quantitative estimate of drug-likeness (QED) is 0.489. The molecular weight excluding hydrogens is 519 g/mol. The number of benzene rings is 2. The summed E-state index contributed by atoms with van der Waals surface area (Å²) in [7, 11) is 1.59. The van der Waals surface area contributed by atoms with Crippen LogP contribution in [0.25, 0.3) is 0 Å². The molecule has 0 saturated carbocycles. The zero-order valence-corrected chi connectivity index (χ0v) is 22.5. The molecule has 1 aromatic heterocycles. The second-order valence-corrected chi connectivity index (χ2v) is 10.7. The number of thiophene rings is 1. The van der Waals surface area contributed by atoms with Crippen LogP contribution in [-0.4, -0.2) is 84.3 Å². The molecule has 1 N–H and O–H groups in total. The van der Waals surface area contributed by atoms with Crippen molar-refractivity contribution in [3.8, 4) is 5.75 Å². The summed E-state index contributed by atoms with van der Waals surface area (Å²) >= 11 is 1.36. The molecule has 3 heterocycles. The highest BCUT2D eigenvalue weighted by Crippen LogP contribution is 2.30. The average molecular weight is 551 g/mol. The van der Waals surface area contributed by atoms with E-state index in [4.69, 9.17) is 4.74 Å². The molecule has 2 unspecified atom stereocenters. The molecule has 39 heavy (non-hydrogen) atoms. The first-order chi connectivity index (χ1) is 18.9. The Labute approximate surface area is 231 Å².